The van der Waals surface area contributed by atoms with E-state index in [1.165, 1.54) is 45.9 Å². The number of carboxylic acid groups (broad SMARTS) is 1. The number of hydrogen-bond acceptors (Lipinski definition) is 13. The van der Waals surface area contributed by atoms with Gasteiger partial charge in [-0.05, 0) is 37.1 Å². The number of anilines is 1. The Labute approximate surface area is 293 Å². The van der Waals surface area contributed by atoms with E-state index >= 15 is 0 Å². The molecule has 18 heteroatoms. The highest BCUT2D eigenvalue weighted by Gasteiger charge is 2.53. The Balaban J connectivity index is 1.02. The number of nitro benzene ring substituents is 1. The van der Waals surface area contributed by atoms with Gasteiger partial charge in [0.05, 0.1) is 16.4 Å². The van der Waals surface area contributed by atoms with Gasteiger partial charge in [-0.15, -0.1) is 0 Å². The van der Waals surface area contributed by atoms with E-state index in [0.717, 1.165) is 37.3 Å². The number of aliphatic hydroxyl groups is 1. The number of aliphatic hydroxyl groups excluding tert-OH is 1. The lowest BCUT2D eigenvalue weighted by atomic mass is 9.75. The molecule has 274 valence electrons. The van der Waals surface area contributed by atoms with Gasteiger partial charge < -0.3 is 39.1 Å². The fourth-order valence-corrected chi connectivity index (χ4v) is 7.14. The maximum atomic E-state index is 13.5. The van der Waals surface area contributed by atoms with Gasteiger partial charge in [-0.3, -0.25) is 19.6 Å². The molecule has 2 aromatic heterocycles. The molecule has 3 aromatic rings. The second-order valence-electron chi connectivity index (χ2n) is 13.6. The normalized spacial score (nSPS) is 24.7. The highest BCUT2D eigenvalue weighted by atomic mass is 16.7. The number of hydrogen-bond donors (Lipinski definition) is 2. The summed E-state index contributed by atoms with van der Waals surface area (Å²) >= 11 is 0. The van der Waals surface area contributed by atoms with Crippen LogP contribution in [0, 0.1) is 16.0 Å². The lowest BCUT2D eigenvalue weighted by molar-refractivity contribution is -0.386. The molecule has 0 bridgehead atoms. The highest BCUT2D eigenvalue weighted by Crippen LogP contribution is 2.44. The molecule has 5 unspecified atom stereocenters. The van der Waals surface area contributed by atoms with Crippen LogP contribution in [0.15, 0.2) is 36.8 Å². The Morgan fingerprint density at radius 2 is 1.92 bits per heavy atom. The van der Waals surface area contributed by atoms with Crippen molar-refractivity contribution in [1.82, 2.24) is 29.2 Å². The summed E-state index contributed by atoms with van der Waals surface area (Å²) in [6, 6.07) is 5.45. The molecule has 3 fully saturated rings. The van der Waals surface area contributed by atoms with Crippen LogP contribution < -0.4 is 9.64 Å². The first-order valence-electron chi connectivity index (χ1n) is 16.7. The highest BCUT2D eigenvalue weighted by molar-refractivity contribution is 5.95. The number of carbonyl (C=O) groups excluding carboxylic acids is 2. The standard InChI is InChI=1S/C33H42N8O10/c1-20-16-38(4)33(20)8-10-39(18-33)28-23-7-9-40(29(23)35-19-34-28)31(45)36(2)11-12-37(3)32(46)49-17-21-5-6-25(24(13-21)41(47)48)50-27-15-22(42)14-26(51-27)30(43)44/h5-7,9,13,19-20,22,26-27,42H,8,10-12,14-18H2,1-4H3,(H,43,44). The van der Waals surface area contributed by atoms with Gasteiger partial charge in [0, 0.05) is 77.5 Å². The Kier molecular flexibility index (Phi) is 10.0. The number of rotatable bonds is 10. The number of aliphatic carboxylic acids is 1. The summed E-state index contributed by atoms with van der Waals surface area (Å²) in [7, 11) is 5.29. The van der Waals surface area contributed by atoms with E-state index in [9.17, 15) is 34.7 Å². The minimum absolute atomic E-state index is 0.0678. The molecule has 5 atom stereocenters. The van der Waals surface area contributed by atoms with Gasteiger partial charge in [-0.2, -0.15) is 0 Å². The van der Waals surface area contributed by atoms with Crippen molar-refractivity contribution in [3.63, 3.8) is 0 Å². The maximum absolute atomic E-state index is 13.5. The van der Waals surface area contributed by atoms with E-state index in [2.05, 4.69) is 33.7 Å². The predicted molar refractivity (Wildman–Crippen MR) is 180 cm³/mol. The Morgan fingerprint density at radius 1 is 1.16 bits per heavy atom. The quantitative estimate of drug-likeness (QED) is 0.229. The van der Waals surface area contributed by atoms with Gasteiger partial charge in [-0.1, -0.05) is 13.0 Å². The van der Waals surface area contributed by atoms with E-state index in [1.807, 2.05) is 6.07 Å². The molecule has 3 saturated heterocycles. The van der Waals surface area contributed by atoms with Gasteiger partial charge in [-0.25, -0.2) is 24.4 Å². The molecular weight excluding hydrogens is 668 g/mol. The van der Waals surface area contributed by atoms with Crippen molar-refractivity contribution in [2.45, 2.75) is 56.8 Å². The van der Waals surface area contributed by atoms with Gasteiger partial charge in [0.1, 0.15) is 18.8 Å². The molecular formula is C33H42N8O10. The number of fused-ring (bicyclic) bond motifs is 1. The van der Waals surface area contributed by atoms with Gasteiger partial charge >= 0.3 is 23.8 Å². The van der Waals surface area contributed by atoms with Crippen LogP contribution in [0.5, 0.6) is 5.75 Å². The Morgan fingerprint density at radius 3 is 2.61 bits per heavy atom. The molecule has 1 spiro atoms. The molecule has 3 aliphatic rings. The molecule has 0 saturated carbocycles. The predicted octanol–water partition coefficient (Wildman–Crippen LogP) is 2.37. The molecule has 5 heterocycles. The molecule has 18 nitrogen and oxygen atoms in total. The van der Waals surface area contributed by atoms with Crippen LogP contribution in [0.3, 0.4) is 0 Å². The van der Waals surface area contributed by atoms with Crippen molar-refractivity contribution >= 4 is 40.6 Å². The summed E-state index contributed by atoms with van der Waals surface area (Å²) in [5.41, 5.74) is 0.495. The van der Waals surface area contributed by atoms with Crippen LogP contribution in [0.4, 0.5) is 21.1 Å². The molecule has 3 aliphatic heterocycles. The lowest BCUT2D eigenvalue weighted by Gasteiger charge is -2.54. The van der Waals surface area contributed by atoms with Crippen molar-refractivity contribution in [3.8, 4) is 5.75 Å². The summed E-state index contributed by atoms with van der Waals surface area (Å²) in [6.07, 6.45) is -0.225. The van der Waals surface area contributed by atoms with Crippen molar-refractivity contribution in [2.75, 3.05) is 58.8 Å². The Bertz CT molecular complexity index is 1810. The fourth-order valence-electron chi connectivity index (χ4n) is 7.14. The second kappa shape index (κ2) is 14.3. The van der Waals surface area contributed by atoms with E-state index < -0.39 is 41.2 Å². The van der Waals surface area contributed by atoms with Crippen LogP contribution in [0.25, 0.3) is 11.0 Å². The van der Waals surface area contributed by atoms with Crippen molar-refractivity contribution in [3.05, 3.63) is 52.5 Å². The van der Waals surface area contributed by atoms with Crippen LogP contribution >= 0.6 is 0 Å². The number of benzene rings is 1. The average Bonchev–Trinajstić information content (AvgIpc) is 3.77. The first-order valence-corrected chi connectivity index (χ1v) is 16.7. The number of amides is 2. The molecule has 2 N–H and O–H groups in total. The Hall–Kier alpha value is -5.07. The maximum Gasteiger partial charge on any atom is 0.409 e. The molecule has 51 heavy (non-hydrogen) atoms. The number of likely N-dealkylation sites (N-methyl/N-ethyl adjacent to an activating group) is 3. The first kappa shape index (κ1) is 35.7. The van der Waals surface area contributed by atoms with E-state index in [4.69, 9.17) is 14.2 Å². The smallest absolute Gasteiger partial charge is 0.409 e. The number of nitro groups is 1. The second-order valence-corrected chi connectivity index (χ2v) is 13.6. The number of ether oxygens (including phenoxy) is 3. The van der Waals surface area contributed by atoms with E-state index in [0.29, 0.717) is 17.1 Å². The van der Waals surface area contributed by atoms with Gasteiger partial charge in [0.25, 0.3) is 0 Å². The summed E-state index contributed by atoms with van der Waals surface area (Å²) < 4.78 is 17.7. The van der Waals surface area contributed by atoms with E-state index in [1.54, 1.807) is 13.2 Å². The zero-order valence-corrected chi connectivity index (χ0v) is 28.9. The summed E-state index contributed by atoms with van der Waals surface area (Å²) in [6.45, 7) is 5.14. The zero-order valence-electron chi connectivity index (χ0n) is 28.9. The van der Waals surface area contributed by atoms with Crippen LogP contribution in [0.1, 0.15) is 31.7 Å². The molecule has 2 amide bonds. The molecule has 0 radical (unpaired) electrons. The minimum Gasteiger partial charge on any atom is -0.479 e. The largest absolute Gasteiger partial charge is 0.479 e. The van der Waals surface area contributed by atoms with Gasteiger partial charge in [0.2, 0.25) is 6.29 Å². The number of carboxylic acids is 1. The fraction of sp³-hybridized carbons (Fsp3) is 0.545. The van der Waals surface area contributed by atoms with Crippen molar-refractivity contribution < 1.29 is 43.7 Å². The monoisotopic (exact) mass is 710 g/mol. The van der Waals surface area contributed by atoms with Crippen LogP contribution in [0.2, 0.25) is 0 Å². The minimum atomic E-state index is -1.31. The first-order chi connectivity index (χ1) is 24.3. The number of aromatic nitrogens is 3. The van der Waals surface area contributed by atoms with Crippen molar-refractivity contribution in [2.24, 2.45) is 5.92 Å². The third-order valence-electron chi connectivity index (χ3n) is 10.3. The SMILES string of the molecule is CC1CN(C)C12CCN(c1ncnc3c1ccn3C(=O)N(C)CCN(C)C(=O)OCc1ccc(OC3CC(O)CC(C(=O)O)O3)c([N+](=O)[O-])c1)C2. The van der Waals surface area contributed by atoms with Crippen LogP contribution in [-0.4, -0.2) is 140 Å². The van der Waals surface area contributed by atoms with Crippen LogP contribution in [-0.2, 0) is 20.9 Å². The molecule has 0 aliphatic carbocycles. The lowest BCUT2D eigenvalue weighted by Crippen LogP contribution is -2.65. The number of likely N-dealkylation sites (tertiary alicyclic amines) is 1. The van der Waals surface area contributed by atoms with Gasteiger partial charge in [0.15, 0.2) is 17.5 Å². The molecule has 6 rings (SSSR count). The van der Waals surface area contributed by atoms with Crippen molar-refractivity contribution in [1.29, 1.82) is 0 Å². The zero-order chi connectivity index (χ0) is 36.6. The third kappa shape index (κ3) is 7.11. The average molecular weight is 711 g/mol. The topological polar surface area (TPSA) is 206 Å². The third-order valence-corrected chi connectivity index (χ3v) is 10.3. The number of nitrogens with zero attached hydrogens (tertiary/aromatic N) is 8. The summed E-state index contributed by atoms with van der Waals surface area (Å²) in [5.74, 6) is -0.0644. The summed E-state index contributed by atoms with van der Waals surface area (Å²) in [5, 5.41) is 31.8. The van der Waals surface area contributed by atoms with E-state index in [-0.39, 0.29) is 49.9 Å². The molecule has 1 aromatic carbocycles. The number of carbonyl (C=O) groups is 3. The summed E-state index contributed by atoms with van der Waals surface area (Å²) in [4.78, 5) is 65.0.